The normalized spacial score (nSPS) is 17.8. The summed E-state index contributed by atoms with van der Waals surface area (Å²) in [5.41, 5.74) is 3.96. The van der Waals surface area contributed by atoms with E-state index in [0.29, 0.717) is 6.04 Å². The fourth-order valence-electron chi connectivity index (χ4n) is 4.04. The molecule has 1 saturated carbocycles. The van der Waals surface area contributed by atoms with Gasteiger partial charge in [0.2, 0.25) is 5.95 Å². The van der Waals surface area contributed by atoms with Crippen LogP contribution in [0.2, 0.25) is 0 Å². The van der Waals surface area contributed by atoms with Crippen LogP contribution in [0.3, 0.4) is 0 Å². The first-order valence-corrected chi connectivity index (χ1v) is 10.7. The summed E-state index contributed by atoms with van der Waals surface area (Å²) in [7, 11) is 0. The lowest BCUT2D eigenvalue weighted by molar-refractivity contribution is 0.460. The van der Waals surface area contributed by atoms with Gasteiger partial charge >= 0.3 is 0 Å². The molecule has 26 heavy (non-hydrogen) atoms. The summed E-state index contributed by atoms with van der Waals surface area (Å²) in [6, 6.07) is 9.31. The zero-order chi connectivity index (χ0) is 17.9. The Labute approximate surface area is 164 Å². The molecular weight excluding hydrogens is 388 g/mol. The summed E-state index contributed by atoms with van der Waals surface area (Å²) >= 11 is 3.60. The highest BCUT2D eigenvalue weighted by atomic mass is 79.9. The average Bonchev–Trinajstić information content (AvgIpc) is 2.68. The van der Waals surface area contributed by atoms with Gasteiger partial charge in [0, 0.05) is 35.4 Å². The number of hydrogen-bond acceptors (Lipinski definition) is 4. The first kappa shape index (κ1) is 17.8. The van der Waals surface area contributed by atoms with Gasteiger partial charge in [-0.25, -0.2) is 4.98 Å². The van der Waals surface area contributed by atoms with Gasteiger partial charge in [-0.05, 0) is 48.9 Å². The van der Waals surface area contributed by atoms with E-state index in [1.165, 1.54) is 43.2 Å². The highest BCUT2D eigenvalue weighted by molar-refractivity contribution is 9.10. The molecule has 0 radical (unpaired) electrons. The molecule has 0 unspecified atom stereocenters. The van der Waals surface area contributed by atoms with Crippen LogP contribution in [0.1, 0.15) is 55.8 Å². The largest absolute Gasteiger partial charge is 0.352 e. The lowest BCUT2D eigenvalue weighted by Crippen LogP contribution is -2.32. The van der Waals surface area contributed by atoms with Crippen molar-refractivity contribution >= 4 is 27.7 Å². The molecule has 0 saturated heterocycles. The van der Waals surface area contributed by atoms with Gasteiger partial charge in [-0.3, -0.25) is 0 Å². The first-order chi connectivity index (χ1) is 12.7. The summed E-state index contributed by atoms with van der Waals surface area (Å²) < 4.78 is 1.15. The van der Waals surface area contributed by atoms with Crippen LogP contribution in [0.15, 0.2) is 28.7 Å². The molecular formula is C21H27BrN4. The molecule has 1 aliphatic heterocycles. The van der Waals surface area contributed by atoms with Gasteiger partial charge in [-0.1, -0.05) is 48.2 Å². The molecule has 2 aromatic rings. The number of nitrogens with one attached hydrogen (secondary N) is 1. The van der Waals surface area contributed by atoms with E-state index in [9.17, 15) is 0 Å². The van der Waals surface area contributed by atoms with E-state index in [-0.39, 0.29) is 0 Å². The summed E-state index contributed by atoms with van der Waals surface area (Å²) in [6.07, 6.45) is 8.47. The van der Waals surface area contributed by atoms with E-state index in [1.807, 2.05) is 0 Å². The Morgan fingerprint density at radius 3 is 2.77 bits per heavy atom. The van der Waals surface area contributed by atoms with Crippen LogP contribution in [0.4, 0.5) is 11.8 Å². The van der Waals surface area contributed by atoms with Gasteiger partial charge in [0.15, 0.2) is 0 Å². The molecule has 2 aliphatic rings. The van der Waals surface area contributed by atoms with E-state index < -0.39 is 0 Å². The van der Waals surface area contributed by atoms with Crippen molar-refractivity contribution in [3.63, 3.8) is 0 Å². The SMILES string of the molecule is CCc1cc(N2CCc3ccc(Br)cc3C2)nc(NC2CCCCC2)n1. The molecule has 1 aliphatic carbocycles. The number of aryl methyl sites for hydroxylation is 1. The third-order valence-electron chi connectivity index (χ3n) is 5.57. The lowest BCUT2D eigenvalue weighted by atomic mass is 9.96. The van der Waals surface area contributed by atoms with Gasteiger partial charge in [0.25, 0.3) is 0 Å². The Hall–Kier alpha value is -1.62. The van der Waals surface area contributed by atoms with E-state index >= 15 is 0 Å². The Balaban J connectivity index is 1.56. The van der Waals surface area contributed by atoms with Crippen molar-refractivity contribution < 1.29 is 0 Å². The summed E-state index contributed by atoms with van der Waals surface area (Å²) in [6.45, 7) is 4.09. The predicted octanol–water partition coefficient (Wildman–Crippen LogP) is 5.11. The number of fused-ring (bicyclic) bond motifs is 1. The van der Waals surface area contributed by atoms with E-state index in [4.69, 9.17) is 9.97 Å². The van der Waals surface area contributed by atoms with Gasteiger partial charge < -0.3 is 10.2 Å². The highest BCUT2D eigenvalue weighted by Gasteiger charge is 2.20. The van der Waals surface area contributed by atoms with Crippen LogP contribution in [-0.2, 0) is 19.4 Å². The van der Waals surface area contributed by atoms with E-state index in [0.717, 1.165) is 47.9 Å². The molecule has 4 nitrogen and oxygen atoms in total. The number of rotatable bonds is 4. The molecule has 0 atom stereocenters. The maximum absolute atomic E-state index is 4.89. The van der Waals surface area contributed by atoms with Crippen molar-refractivity contribution in [3.8, 4) is 0 Å². The average molecular weight is 415 g/mol. The molecule has 0 bridgehead atoms. The van der Waals surface area contributed by atoms with Crippen molar-refractivity contribution in [2.45, 2.75) is 64.5 Å². The summed E-state index contributed by atoms with van der Waals surface area (Å²) in [5, 5.41) is 3.61. The maximum atomic E-state index is 4.89. The maximum Gasteiger partial charge on any atom is 0.225 e. The molecule has 1 aromatic heterocycles. The third-order valence-corrected chi connectivity index (χ3v) is 6.06. The van der Waals surface area contributed by atoms with Gasteiger partial charge in [0.05, 0.1) is 0 Å². The predicted molar refractivity (Wildman–Crippen MR) is 111 cm³/mol. The van der Waals surface area contributed by atoms with Gasteiger partial charge in [-0.2, -0.15) is 4.98 Å². The Bertz CT molecular complexity index is 771. The van der Waals surface area contributed by atoms with E-state index in [1.54, 1.807) is 0 Å². The minimum atomic E-state index is 0.529. The van der Waals surface area contributed by atoms with Crippen LogP contribution >= 0.6 is 15.9 Å². The highest BCUT2D eigenvalue weighted by Crippen LogP contribution is 2.27. The first-order valence-electron chi connectivity index (χ1n) is 9.88. The van der Waals surface area contributed by atoms with Crippen LogP contribution in [0, 0.1) is 0 Å². The number of hydrogen-bond donors (Lipinski definition) is 1. The summed E-state index contributed by atoms with van der Waals surface area (Å²) in [4.78, 5) is 12.0. The van der Waals surface area contributed by atoms with Crippen molar-refractivity contribution in [1.82, 2.24) is 9.97 Å². The van der Waals surface area contributed by atoms with Crippen LogP contribution in [0.25, 0.3) is 0 Å². The van der Waals surface area contributed by atoms with Crippen molar-refractivity contribution in [2.75, 3.05) is 16.8 Å². The molecule has 0 amide bonds. The topological polar surface area (TPSA) is 41.1 Å². The van der Waals surface area contributed by atoms with Gasteiger partial charge in [-0.15, -0.1) is 0 Å². The number of halogens is 1. The van der Waals surface area contributed by atoms with Crippen molar-refractivity contribution in [2.24, 2.45) is 0 Å². The van der Waals surface area contributed by atoms with Gasteiger partial charge in [0.1, 0.15) is 5.82 Å². The molecule has 1 N–H and O–H groups in total. The molecule has 1 aromatic carbocycles. The second-order valence-corrected chi connectivity index (χ2v) is 8.37. The Kier molecular flexibility index (Phi) is 5.44. The number of aromatic nitrogens is 2. The fourth-order valence-corrected chi connectivity index (χ4v) is 4.45. The van der Waals surface area contributed by atoms with Crippen LogP contribution < -0.4 is 10.2 Å². The molecule has 1 fully saturated rings. The van der Waals surface area contributed by atoms with E-state index in [2.05, 4.69) is 57.3 Å². The van der Waals surface area contributed by atoms with Crippen LogP contribution in [-0.4, -0.2) is 22.6 Å². The number of benzene rings is 1. The molecule has 5 heteroatoms. The molecule has 4 rings (SSSR count). The number of nitrogens with zero attached hydrogens (tertiary/aromatic N) is 3. The second-order valence-electron chi connectivity index (χ2n) is 7.46. The molecule has 0 spiro atoms. The summed E-state index contributed by atoms with van der Waals surface area (Å²) in [5.74, 6) is 1.87. The second kappa shape index (κ2) is 7.95. The minimum Gasteiger partial charge on any atom is -0.352 e. The Morgan fingerprint density at radius 2 is 1.96 bits per heavy atom. The Morgan fingerprint density at radius 1 is 1.12 bits per heavy atom. The quantitative estimate of drug-likeness (QED) is 0.754. The minimum absolute atomic E-state index is 0.529. The number of anilines is 2. The smallest absolute Gasteiger partial charge is 0.225 e. The molecule has 2 heterocycles. The van der Waals surface area contributed by atoms with Crippen LogP contribution in [0.5, 0.6) is 0 Å². The zero-order valence-electron chi connectivity index (χ0n) is 15.5. The zero-order valence-corrected chi connectivity index (χ0v) is 17.1. The fraction of sp³-hybridized carbons (Fsp3) is 0.524. The molecule has 138 valence electrons. The van der Waals surface area contributed by atoms with Crippen molar-refractivity contribution in [1.29, 1.82) is 0 Å². The third kappa shape index (κ3) is 4.03. The standard InChI is InChI=1S/C21H27BrN4/c1-2-18-13-20(25-21(23-18)24-19-6-4-3-5-7-19)26-11-10-15-8-9-17(22)12-16(15)14-26/h8-9,12-13,19H,2-7,10-11,14H2,1H3,(H,23,24,25). The van der Waals surface area contributed by atoms with Crippen molar-refractivity contribution in [3.05, 3.63) is 45.6 Å². The lowest BCUT2D eigenvalue weighted by Gasteiger charge is -2.31. The monoisotopic (exact) mass is 414 g/mol.